The van der Waals surface area contributed by atoms with Crippen LogP contribution in [0.3, 0.4) is 0 Å². The number of aryl methyl sites for hydroxylation is 1. The minimum atomic E-state index is 0.514. The maximum atomic E-state index is 8.62. The van der Waals surface area contributed by atoms with Gasteiger partial charge >= 0.3 is 0 Å². The first kappa shape index (κ1) is 6.86. The van der Waals surface area contributed by atoms with Crippen molar-refractivity contribution in [1.82, 2.24) is 9.78 Å². The van der Waals surface area contributed by atoms with Crippen LogP contribution < -0.4 is 0 Å². The second-order valence-corrected chi connectivity index (χ2v) is 3.34. The molecule has 0 amide bonds. The lowest BCUT2D eigenvalue weighted by molar-refractivity contribution is 0.654. The predicted octanol–water partition coefficient (Wildman–Crippen LogP) is 1.46. The fraction of sp³-hybridized carbons (Fsp3) is 0.429. The second-order valence-electron chi connectivity index (χ2n) is 2.55. The van der Waals surface area contributed by atoms with Crippen LogP contribution in [0.15, 0.2) is 4.47 Å². The smallest absolute Gasteiger partial charge is 0.176 e. The number of aromatic nitrogens is 2. The SMILES string of the molecule is N#Cc1nn2c(c1Br)CCC2. The van der Waals surface area contributed by atoms with Crippen LogP contribution in [0.4, 0.5) is 0 Å². The molecule has 0 unspecified atom stereocenters. The normalized spacial score (nSPS) is 14.5. The number of rotatable bonds is 0. The molecule has 3 nitrogen and oxygen atoms in total. The molecule has 4 heteroatoms. The largest absolute Gasteiger partial charge is 0.267 e. The van der Waals surface area contributed by atoms with Crippen LogP contribution >= 0.6 is 15.9 Å². The molecule has 0 aliphatic carbocycles. The van der Waals surface area contributed by atoms with E-state index in [9.17, 15) is 0 Å². The molecular formula is C7H6BrN3. The van der Waals surface area contributed by atoms with Crippen LogP contribution in [0.2, 0.25) is 0 Å². The Balaban J connectivity index is 2.60. The first-order valence-electron chi connectivity index (χ1n) is 3.48. The van der Waals surface area contributed by atoms with Crippen LogP contribution in [0, 0.1) is 11.3 Å². The Morgan fingerprint density at radius 2 is 2.45 bits per heavy atom. The van der Waals surface area contributed by atoms with Crippen molar-refractivity contribution in [2.24, 2.45) is 0 Å². The molecule has 0 radical (unpaired) electrons. The van der Waals surface area contributed by atoms with Gasteiger partial charge < -0.3 is 0 Å². The molecule has 1 aromatic rings. The Bertz CT molecular complexity index is 334. The number of hydrogen-bond acceptors (Lipinski definition) is 2. The van der Waals surface area contributed by atoms with Crippen LogP contribution in [0.25, 0.3) is 0 Å². The van der Waals surface area contributed by atoms with Gasteiger partial charge in [-0.3, -0.25) is 4.68 Å². The molecule has 0 atom stereocenters. The van der Waals surface area contributed by atoms with Gasteiger partial charge in [0, 0.05) is 6.54 Å². The summed E-state index contributed by atoms with van der Waals surface area (Å²) in [7, 11) is 0. The van der Waals surface area contributed by atoms with Gasteiger partial charge in [0.1, 0.15) is 6.07 Å². The number of nitrogens with zero attached hydrogens (tertiary/aromatic N) is 3. The highest BCUT2D eigenvalue weighted by Gasteiger charge is 2.19. The molecule has 11 heavy (non-hydrogen) atoms. The Hall–Kier alpha value is -0.820. The molecule has 2 rings (SSSR count). The van der Waals surface area contributed by atoms with Crippen molar-refractivity contribution in [3.8, 4) is 6.07 Å². The number of fused-ring (bicyclic) bond motifs is 1. The molecule has 1 aromatic heterocycles. The maximum Gasteiger partial charge on any atom is 0.176 e. The average molecular weight is 212 g/mol. The third-order valence-corrected chi connectivity index (χ3v) is 2.72. The summed E-state index contributed by atoms with van der Waals surface area (Å²) in [6, 6.07) is 2.05. The van der Waals surface area contributed by atoms with E-state index < -0.39 is 0 Å². The van der Waals surface area contributed by atoms with E-state index in [0.29, 0.717) is 5.69 Å². The summed E-state index contributed by atoms with van der Waals surface area (Å²) in [6.45, 7) is 0.954. The summed E-state index contributed by atoms with van der Waals surface area (Å²) >= 11 is 3.36. The van der Waals surface area contributed by atoms with Crippen LogP contribution in [-0.2, 0) is 13.0 Å². The number of halogens is 1. The molecular weight excluding hydrogens is 206 g/mol. The van der Waals surface area contributed by atoms with E-state index in [0.717, 1.165) is 23.9 Å². The van der Waals surface area contributed by atoms with E-state index in [1.165, 1.54) is 5.69 Å². The van der Waals surface area contributed by atoms with Gasteiger partial charge in [-0.2, -0.15) is 10.4 Å². The van der Waals surface area contributed by atoms with E-state index in [-0.39, 0.29) is 0 Å². The van der Waals surface area contributed by atoms with Crippen LogP contribution in [0.5, 0.6) is 0 Å². The highest BCUT2D eigenvalue weighted by molar-refractivity contribution is 9.10. The molecule has 0 aromatic carbocycles. The van der Waals surface area contributed by atoms with E-state index in [1.807, 2.05) is 10.8 Å². The number of nitriles is 1. The molecule has 0 saturated carbocycles. The van der Waals surface area contributed by atoms with Gasteiger partial charge in [-0.15, -0.1) is 0 Å². The Labute approximate surface area is 72.8 Å². The van der Waals surface area contributed by atoms with Gasteiger partial charge in [0.05, 0.1) is 10.2 Å². The molecule has 0 bridgehead atoms. The van der Waals surface area contributed by atoms with E-state index in [2.05, 4.69) is 21.0 Å². The standard InChI is InChI=1S/C7H6BrN3/c8-7-5(4-9)10-11-3-1-2-6(7)11/h1-3H2. The lowest BCUT2D eigenvalue weighted by atomic mass is 10.3. The molecule has 0 spiro atoms. The predicted molar refractivity (Wildman–Crippen MR) is 43.0 cm³/mol. The Kier molecular flexibility index (Phi) is 1.46. The Morgan fingerprint density at radius 3 is 3.09 bits per heavy atom. The first-order valence-corrected chi connectivity index (χ1v) is 4.27. The topological polar surface area (TPSA) is 41.6 Å². The Morgan fingerprint density at radius 1 is 1.64 bits per heavy atom. The monoisotopic (exact) mass is 211 g/mol. The lowest BCUT2D eigenvalue weighted by Gasteiger charge is -1.89. The van der Waals surface area contributed by atoms with Gasteiger partial charge in [-0.05, 0) is 28.8 Å². The van der Waals surface area contributed by atoms with E-state index >= 15 is 0 Å². The maximum absolute atomic E-state index is 8.62. The minimum Gasteiger partial charge on any atom is -0.267 e. The van der Waals surface area contributed by atoms with Gasteiger partial charge in [0.15, 0.2) is 5.69 Å². The second kappa shape index (κ2) is 2.35. The molecule has 0 fully saturated rings. The fourth-order valence-electron chi connectivity index (χ4n) is 1.37. The molecule has 0 saturated heterocycles. The third kappa shape index (κ3) is 0.881. The molecule has 56 valence electrons. The zero-order valence-corrected chi connectivity index (χ0v) is 7.43. The quantitative estimate of drug-likeness (QED) is 0.653. The van der Waals surface area contributed by atoms with Crippen molar-refractivity contribution in [3.05, 3.63) is 15.9 Å². The van der Waals surface area contributed by atoms with Crippen LogP contribution in [0.1, 0.15) is 17.8 Å². The van der Waals surface area contributed by atoms with Crippen LogP contribution in [-0.4, -0.2) is 9.78 Å². The van der Waals surface area contributed by atoms with E-state index in [1.54, 1.807) is 0 Å². The summed E-state index contributed by atoms with van der Waals surface area (Å²) in [4.78, 5) is 0. The molecule has 2 heterocycles. The highest BCUT2D eigenvalue weighted by Crippen LogP contribution is 2.26. The average Bonchev–Trinajstić information content (AvgIpc) is 2.53. The zero-order chi connectivity index (χ0) is 7.84. The molecule has 1 aliphatic heterocycles. The first-order chi connectivity index (χ1) is 5.33. The minimum absolute atomic E-state index is 0.514. The highest BCUT2D eigenvalue weighted by atomic mass is 79.9. The summed E-state index contributed by atoms with van der Waals surface area (Å²) in [6.07, 6.45) is 2.18. The van der Waals surface area contributed by atoms with Crippen molar-refractivity contribution in [3.63, 3.8) is 0 Å². The van der Waals surface area contributed by atoms with Gasteiger partial charge in [0.2, 0.25) is 0 Å². The summed E-state index contributed by atoms with van der Waals surface area (Å²) in [5.41, 5.74) is 1.68. The fourth-order valence-corrected chi connectivity index (χ4v) is 1.94. The zero-order valence-electron chi connectivity index (χ0n) is 5.84. The lowest BCUT2D eigenvalue weighted by Crippen LogP contribution is -1.93. The van der Waals surface area contributed by atoms with Crippen molar-refractivity contribution in [2.75, 3.05) is 0 Å². The molecule has 0 N–H and O–H groups in total. The van der Waals surface area contributed by atoms with Gasteiger partial charge in [-0.25, -0.2) is 0 Å². The summed E-state index contributed by atoms with van der Waals surface area (Å²) in [5, 5.41) is 12.7. The van der Waals surface area contributed by atoms with Crippen molar-refractivity contribution in [1.29, 1.82) is 5.26 Å². The summed E-state index contributed by atoms with van der Waals surface area (Å²) in [5.74, 6) is 0. The third-order valence-electron chi connectivity index (χ3n) is 1.88. The van der Waals surface area contributed by atoms with E-state index in [4.69, 9.17) is 5.26 Å². The van der Waals surface area contributed by atoms with Gasteiger partial charge in [0.25, 0.3) is 0 Å². The van der Waals surface area contributed by atoms with Gasteiger partial charge in [-0.1, -0.05) is 0 Å². The number of hydrogen-bond donors (Lipinski definition) is 0. The van der Waals surface area contributed by atoms with Crippen molar-refractivity contribution in [2.45, 2.75) is 19.4 Å². The summed E-state index contributed by atoms with van der Waals surface area (Å²) < 4.78 is 2.79. The molecule has 1 aliphatic rings. The van der Waals surface area contributed by atoms with Crippen molar-refractivity contribution < 1.29 is 0 Å². The van der Waals surface area contributed by atoms with Crippen molar-refractivity contribution >= 4 is 15.9 Å².